The van der Waals surface area contributed by atoms with Crippen molar-refractivity contribution in [2.24, 2.45) is 17.8 Å². The molecule has 2 aliphatic rings. The topological polar surface area (TPSA) is 103 Å². The Hall–Kier alpha value is -3.03. The van der Waals surface area contributed by atoms with E-state index in [0.717, 1.165) is 37.4 Å². The maximum Gasteiger partial charge on any atom is 0.374 e. The molecule has 3 heterocycles. The van der Waals surface area contributed by atoms with Crippen molar-refractivity contribution in [3.63, 3.8) is 0 Å². The average molecular weight is 492 g/mol. The van der Waals surface area contributed by atoms with Crippen LogP contribution in [0.3, 0.4) is 0 Å². The lowest BCUT2D eigenvalue weighted by molar-refractivity contribution is 0.0682. The quantitative estimate of drug-likeness (QED) is 0.385. The Morgan fingerprint density at radius 2 is 1.89 bits per heavy atom. The molecule has 2 aliphatic carbocycles. The zero-order chi connectivity index (χ0) is 25.2. The van der Waals surface area contributed by atoms with Gasteiger partial charge in [-0.1, -0.05) is 52.9 Å². The van der Waals surface area contributed by atoms with E-state index < -0.39 is 5.97 Å². The molecular weight excluding hydrogens is 454 g/mol. The Bertz CT molecular complexity index is 1230. The molecule has 0 unspecified atom stereocenters. The summed E-state index contributed by atoms with van der Waals surface area (Å²) in [5.74, 6) is 1.86. The minimum absolute atomic E-state index is 0.285. The van der Waals surface area contributed by atoms with Gasteiger partial charge in [0.1, 0.15) is 5.69 Å². The molecule has 0 aliphatic heterocycles. The number of aromatic nitrogens is 5. The largest absolute Gasteiger partial charge is 0.476 e. The highest BCUT2D eigenvalue weighted by atomic mass is 16.5. The Morgan fingerprint density at radius 3 is 2.56 bits per heavy atom. The second-order valence-corrected chi connectivity index (χ2v) is 11.1. The fraction of sp³-hybridized carbons (Fsp3) is 0.607. The fourth-order valence-electron chi connectivity index (χ4n) is 5.38. The maximum absolute atomic E-state index is 11.8. The van der Waals surface area contributed by atoms with Crippen LogP contribution in [0.1, 0.15) is 94.2 Å². The molecule has 36 heavy (non-hydrogen) atoms. The number of hydrogen-bond donors (Lipinski definition) is 1. The molecule has 2 fully saturated rings. The minimum Gasteiger partial charge on any atom is -0.476 e. The van der Waals surface area contributed by atoms with E-state index in [0.29, 0.717) is 47.2 Å². The first-order valence-electron chi connectivity index (χ1n) is 13.5. The van der Waals surface area contributed by atoms with Crippen molar-refractivity contribution < 1.29 is 14.6 Å². The van der Waals surface area contributed by atoms with Crippen molar-refractivity contribution in [1.82, 2.24) is 24.5 Å². The van der Waals surface area contributed by atoms with Crippen molar-refractivity contribution in [3.8, 4) is 17.4 Å². The molecule has 5 rings (SSSR count). The Labute approximate surface area is 212 Å². The van der Waals surface area contributed by atoms with Gasteiger partial charge < -0.3 is 14.4 Å². The van der Waals surface area contributed by atoms with E-state index in [2.05, 4.69) is 46.4 Å². The fourth-order valence-corrected chi connectivity index (χ4v) is 5.38. The summed E-state index contributed by atoms with van der Waals surface area (Å²) in [5.41, 5.74) is 2.98. The van der Waals surface area contributed by atoms with Gasteiger partial charge in [-0.25, -0.2) is 14.8 Å². The molecule has 0 spiro atoms. The monoisotopic (exact) mass is 491 g/mol. The molecule has 8 heteroatoms. The molecule has 8 nitrogen and oxygen atoms in total. The number of carboxylic acid groups (broad SMARTS) is 1. The van der Waals surface area contributed by atoms with Gasteiger partial charge in [0.25, 0.3) is 0 Å². The SMILES string of the molecule is CC1CCC(Cn2c(-c3cc(C(C)C)ccn3)nc3nc(C(=O)O)nc(OCCC4CCC4)c32)CC1. The van der Waals surface area contributed by atoms with Crippen LogP contribution in [0, 0.1) is 17.8 Å². The van der Waals surface area contributed by atoms with E-state index in [9.17, 15) is 9.90 Å². The van der Waals surface area contributed by atoms with E-state index in [4.69, 9.17) is 9.72 Å². The molecular formula is C28H37N5O3. The number of pyridine rings is 1. The molecule has 1 N–H and O–H groups in total. The Morgan fingerprint density at radius 1 is 1.11 bits per heavy atom. The van der Waals surface area contributed by atoms with E-state index >= 15 is 0 Å². The van der Waals surface area contributed by atoms with Gasteiger partial charge in [0.05, 0.1) is 6.61 Å². The Balaban J connectivity index is 1.60. The minimum atomic E-state index is -1.18. The van der Waals surface area contributed by atoms with Crippen molar-refractivity contribution in [2.45, 2.75) is 84.6 Å². The number of ether oxygens (including phenoxy) is 1. The van der Waals surface area contributed by atoms with Crippen LogP contribution in [0.5, 0.6) is 5.88 Å². The normalized spacial score (nSPS) is 20.6. The van der Waals surface area contributed by atoms with Crippen molar-refractivity contribution in [3.05, 3.63) is 29.7 Å². The summed E-state index contributed by atoms with van der Waals surface area (Å²) >= 11 is 0. The van der Waals surface area contributed by atoms with Crippen LogP contribution in [0.15, 0.2) is 18.3 Å². The first-order valence-corrected chi connectivity index (χ1v) is 13.5. The highest BCUT2D eigenvalue weighted by Crippen LogP contribution is 2.35. The summed E-state index contributed by atoms with van der Waals surface area (Å²) in [4.78, 5) is 30.0. The second-order valence-electron chi connectivity index (χ2n) is 11.1. The molecule has 0 aromatic carbocycles. The number of nitrogens with zero attached hydrogens (tertiary/aromatic N) is 5. The van der Waals surface area contributed by atoms with Crippen LogP contribution in [0.25, 0.3) is 22.7 Å². The Kier molecular flexibility index (Phi) is 7.21. The van der Waals surface area contributed by atoms with Gasteiger partial charge in [-0.3, -0.25) is 4.98 Å². The zero-order valence-electron chi connectivity index (χ0n) is 21.6. The molecule has 3 aromatic rings. The highest BCUT2D eigenvalue weighted by Gasteiger charge is 2.27. The standard InChI is InChI=1S/C28H37N5O3/c1-17(2)21-11-13-29-22(15-21)26-31-24-23(33(26)16-20-9-7-18(3)8-10-20)27(32-25(30-24)28(34)35)36-14-12-19-5-4-6-19/h11,13,15,17-20H,4-10,12,14,16H2,1-3H3,(H,34,35). The number of carbonyl (C=O) groups is 1. The van der Waals surface area contributed by atoms with Gasteiger partial charge in [0.15, 0.2) is 17.0 Å². The molecule has 2 saturated carbocycles. The molecule has 3 aromatic heterocycles. The summed E-state index contributed by atoms with van der Waals surface area (Å²) in [5, 5.41) is 9.68. The molecule has 0 atom stereocenters. The van der Waals surface area contributed by atoms with Gasteiger partial charge in [-0.05, 0) is 60.6 Å². The van der Waals surface area contributed by atoms with Crippen LogP contribution in [0.2, 0.25) is 0 Å². The summed E-state index contributed by atoms with van der Waals surface area (Å²) in [6.45, 7) is 7.91. The van der Waals surface area contributed by atoms with E-state index in [1.807, 2.05) is 12.3 Å². The molecule has 0 amide bonds. The first-order chi connectivity index (χ1) is 17.4. The van der Waals surface area contributed by atoms with E-state index in [-0.39, 0.29) is 5.82 Å². The van der Waals surface area contributed by atoms with Crippen LogP contribution in [-0.2, 0) is 6.54 Å². The average Bonchev–Trinajstić information content (AvgIpc) is 3.20. The molecule has 0 radical (unpaired) electrons. The van der Waals surface area contributed by atoms with Gasteiger partial charge >= 0.3 is 5.97 Å². The first kappa shape index (κ1) is 24.7. The van der Waals surface area contributed by atoms with Crippen molar-refractivity contribution in [1.29, 1.82) is 0 Å². The third kappa shape index (κ3) is 5.22. The molecule has 0 bridgehead atoms. The second kappa shape index (κ2) is 10.5. The lowest BCUT2D eigenvalue weighted by Crippen LogP contribution is -2.19. The maximum atomic E-state index is 11.8. The van der Waals surface area contributed by atoms with E-state index in [1.165, 1.54) is 37.7 Å². The zero-order valence-corrected chi connectivity index (χ0v) is 21.6. The third-order valence-corrected chi connectivity index (χ3v) is 8.01. The molecule has 0 saturated heterocycles. The van der Waals surface area contributed by atoms with E-state index in [1.54, 1.807) is 0 Å². The van der Waals surface area contributed by atoms with Gasteiger partial charge in [-0.2, -0.15) is 4.98 Å². The summed E-state index contributed by atoms with van der Waals surface area (Å²) in [6.07, 6.45) is 11.3. The lowest BCUT2D eigenvalue weighted by Gasteiger charge is -2.27. The van der Waals surface area contributed by atoms with Crippen LogP contribution < -0.4 is 4.74 Å². The summed E-state index contributed by atoms with van der Waals surface area (Å²) in [6, 6.07) is 4.11. The van der Waals surface area contributed by atoms with Crippen LogP contribution in [0.4, 0.5) is 0 Å². The number of aromatic carboxylic acids is 1. The number of imidazole rings is 1. The van der Waals surface area contributed by atoms with Crippen molar-refractivity contribution in [2.75, 3.05) is 6.61 Å². The number of hydrogen-bond acceptors (Lipinski definition) is 6. The van der Waals surface area contributed by atoms with Crippen LogP contribution >= 0.6 is 0 Å². The van der Waals surface area contributed by atoms with Crippen LogP contribution in [-0.4, -0.2) is 42.2 Å². The summed E-state index contributed by atoms with van der Waals surface area (Å²) in [7, 11) is 0. The number of fused-ring (bicyclic) bond motifs is 1. The lowest BCUT2D eigenvalue weighted by atomic mass is 9.83. The highest BCUT2D eigenvalue weighted by molar-refractivity contribution is 5.88. The van der Waals surface area contributed by atoms with Gasteiger partial charge in [-0.15, -0.1) is 0 Å². The van der Waals surface area contributed by atoms with Crippen molar-refractivity contribution >= 4 is 17.1 Å². The predicted octanol–water partition coefficient (Wildman–Crippen LogP) is 6.11. The summed E-state index contributed by atoms with van der Waals surface area (Å²) < 4.78 is 8.32. The molecule has 192 valence electrons. The number of carboxylic acids is 1. The predicted molar refractivity (Wildman–Crippen MR) is 138 cm³/mol. The smallest absolute Gasteiger partial charge is 0.374 e. The third-order valence-electron chi connectivity index (χ3n) is 8.01. The number of rotatable bonds is 9. The van der Waals surface area contributed by atoms with Gasteiger partial charge in [0.2, 0.25) is 11.7 Å². The van der Waals surface area contributed by atoms with Gasteiger partial charge in [0, 0.05) is 12.7 Å².